The van der Waals surface area contributed by atoms with Gasteiger partial charge in [-0.05, 0) is 52.3 Å². The van der Waals surface area contributed by atoms with E-state index in [0.29, 0.717) is 13.2 Å². The number of ether oxygens (including phenoxy) is 3. The smallest absolute Gasteiger partial charge is 0.254 e. The molecule has 3 rings (SSSR count). The minimum atomic E-state index is -0.807. The van der Waals surface area contributed by atoms with E-state index in [4.69, 9.17) is 14.2 Å². The monoisotopic (exact) mass is 320 g/mol. The highest BCUT2D eigenvalue weighted by Gasteiger charge is 2.35. The molecule has 3 nitrogen and oxygen atoms in total. The Labute approximate surface area is 120 Å². The van der Waals surface area contributed by atoms with Crippen molar-refractivity contribution in [1.29, 1.82) is 0 Å². The summed E-state index contributed by atoms with van der Waals surface area (Å²) in [6, 6.07) is 17.3. The van der Waals surface area contributed by atoms with Crippen molar-refractivity contribution in [2.24, 2.45) is 0 Å². The van der Waals surface area contributed by atoms with Gasteiger partial charge in [0.25, 0.3) is 4.70 Å². The molecule has 0 amide bonds. The van der Waals surface area contributed by atoms with Gasteiger partial charge in [0.2, 0.25) is 0 Å². The molecule has 1 saturated heterocycles. The predicted molar refractivity (Wildman–Crippen MR) is 75.5 cm³/mol. The number of halogens is 1. The fourth-order valence-corrected chi connectivity index (χ4v) is 2.49. The lowest BCUT2D eigenvalue weighted by molar-refractivity contribution is -0.0743. The summed E-state index contributed by atoms with van der Waals surface area (Å²) < 4.78 is 16.0. The first-order valence-corrected chi connectivity index (χ1v) is 6.86. The maximum absolute atomic E-state index is 5.73. The fourth-order valence-electron chi connectivity index (χ4n) is 1.90. The van der Waals surface area contributed by atoms with Gasteiger partial charge in [-0.2, -0.15) is 0 Å². The standard InChI is InChI=1S/C15H13BrO3/c16-15(17-10-11-18-15)12-6-8-14(9-7-12)19-13-4-2-1-3-5-13/h1-9H,10-11H2. The summed E-state index contributed by atoms with van der Waals surface area (Å²) in [5, 5.41) is 0. The second-order valence-electron chi connectivity index (χ2n) is 4.17. The van der Waals surface area contributed by atoms with Gasteiger partial charge in [-0.25, -0.2) is 0 Å². The Morgan fingerprint density at radius 2 is 1.42 bits per heavy atom. The van der Waals surface area contributed by atoms with Crippen LogP contribution in [0.5, 0.6) is 11.5 Å². The van der Waals surface area contributed by atoms with E-state index in [9.17, 15) is 0 Å². The maximum Gasteiger partial charge on any atom is 0.254 e. The minimum Gasteiger partial charge on any atom is -0.457 e. The van der Waals surface area contributed by atoms with Crippen LogP contribution < -0.4 is 4.74 Å². The number of hydrogen-bond acceptors (Lipinski definition) is 3. The maximum atomic E-state index is 5.73. The van der Waals surface area contributed by atoms with Gasteiger partial charge in [0.1, 0.15) is 11.5 Å². The number of hydrogen-bond donors (Lipinski definition) is 0. The van der Waals surface area contributed by atoms with Gasteiger partial charge < -0.3 is 14.2 Å². The molecule has 19 heavy (non-hydrogen) atoms. The molecule has 0 atom stereocenters. The summed E-state index contributed by atoms with van der Waals surface area (Å²) >= 11 is 3.46. The Bertz CT molecular complexity index is 533. The molecule has 0 bridgehead atoms. The van der Waals surface area contributed by atoms with Gasteiger partial charge in [-0.3, -0.25) is 0 Å². The van der Waals surface area contributed by atoms with Crippen LogP contribution in [0.15, 0.2) is 54.6 Å². The van der Waals surface area contributed by atoms with Gasteiger partial charge in [0, 0.05) is 5.56 Å². The molecule has 0 radical (unpaired) electrons. The van der Waals surface area contributed by atoms with Crippen LogP contribution in [0.25, 0.3) is 0 Å². The van der Waals surface area contributed by atoms with Crippen molar-refractivity contribution < 1.29 is 14.2 Å². The van der Waals surface area contributed by atoms with E-state index in [1.807, 2.05) is 54.6 Å². The number of alkyl halides is 1. The third-order valence-corrected chi connectivity index (χ3v) is 3.75. The lowest BCUT2D eigenvalue weighted by Gasteiger charge is -2.20. The van der Waals surface area contributed by atoms with E-state index >= 15 is 0 Å². The van der Waals surface area contributed by atoms with Gasteiger partial charge in [0.05, 0.1) is 13.2 Å². The van der Waals surface area contributed by atoms with Crippen molar-refractivity contribution in [3.05, 3.63) is 60.2 Å². The zero-order valence-electron chi connectivity index (χ0n) is 10.2. The van der Waals surface area contributed by atoms with Crippen molar-refractivity contribution in [2.45, 2.75) is 4.70 Å². The number of rotatable bonds is 3. The summed E-state index contributed by atoms with van der Waals surface area (Å²) in [7, 11) is 0. The Balaban J connectivity index is 1.76. The SMILES string of the molecule is BrC1(c2ccc(Oc3ccccc3)cc2)OCCO1. The van der Waals surface area contributed by atoms with E-state index in [0.717, 1.165) is 17.1 Å². The second-order valence-corrected chi connectivity index (χ2v) is 5.22. The third-order valence-electron chi connectivity index (χ3n) is 2.84. The summed E-state index contributed by atoms with van der Waals surface area (Å²) in [4.78, 5) is 0. The van der Waals surface area contributed by atoms with Crippen LogP contribution >= 0.6 is 15.9 Å². The quantitative estimate of drug-likeness (QED) is 0.799. The summed E-state index contributed by atoms with van der Waals surface area (Å²) in [6.07, 6.45) is 0. The second kappa shape index (κ2) is 5.33. The lowest BCUT2D eigenvalue weighted by Crippen LogP contribution is -2.17. The molecule has 2 aromatic carbocycles. The van der Waals surface area contributed by atoms with Crippen LogP contribution in [-0.2, 0) is 14.2 Å². The molecule has 4 heteroatoms. The van der Waals surface area contributed by atoms with Crippen molar-refractivity contribution in [3.63, 3.8) is 0 Å². The highest BCUT2D eigenvalue weighted by Crippen LogP contribution is 2.38. The van der Waals surface area contributed by atoms with Gasteiger partial charge in [0.15, 0.2) is 0 Å². The molecule has 1 heterocycles. The van der Waals surface area contributed by atoms with Crippen LogP contribution in [0.2, 0.25) is 0 Å². The van der Waals surface area contributed by atoms with Crippen molar-refractivity contribution in [1.82, 2.24) is 0 Å². The molecule has 2 aromatic rings. The molecule has 0 saturated carbocycles. The molecule has 1 aliphatic rings. The fraction of sp³-hybridized carbons (Fsp3) is 0.200. The first kappa shape index (κ1) is 12.7. The summed E-state index contributed by atoms with van der Waals surface area (Å²) in [5.74, 6) is 1.60. The van der Waals surface area contributed by atoms with Crippen LogP contribution in [0.4, 0.5) is 0 Å². The van der Waals surface area contributed by atoms with Crippen LogP contribution in [0, 0.1) is 0 Å². The highest BCUT2D eigenvalue weighted by atomic mass is 79.9. The molecule has 0 aromatic heterocycles. The van der Waals surface area contributed by atoms with E-state index in [1.165, 1.54) is 0 Å². The first-order valence-electron chi connectivity index (χ1n) is 6.06. The first-order chi connectivity index (χ1) is 9.26. The van der Waals surface area contributed by atoms with Crippen molar-refractivity contribution >= 4 is 15.9 Å². The van der Waals surface area contributed by atoms with E-state index < -0.39 is 4.70 Å². The Hall–Kier alpha value is -1.36. The van der Waals surface area contributed by atoms with Crippen LogP contribution in [0.1, 0.15) is 5.56 Å². The Kier molecular flexibility index (Phi) is 3.55. The van der Waals surface area contributed by atoms with E-state index in [-0.39, 0.29) is 0 Å². The average Bonchev–Trinajstić information content (AvgIpc) is 2.89. The molecule has 0 unspecified atom stereocenters. The predicted octanol–water partition coefficient (Wildman–Crippen LogP) is 4.03. The summed E-state index contributed by atoms with van der Waals surface area (Å²) in [5.41, 5.74) is 0.922. The number of para-hydroxylation sites is 1. The van der Waals surface area contributed by atoms with Gasteiger partial charge in [-0.15, -0.1) is 0 Å². The Morgan fingerprint density at radius 1 is 0.842 bits per heavy atom. The molecule has 1 aliphatic heterocycles. The molecule has 0 spiro atoms. The molecule has 0 aliphatic carbocycles. The van der Waals surface area contributed by atoms with Gasteiger partial charge in [-0.1, -0.05) is 18.2 Å². The molecule has 98 valence electrons. The Morgan fingerprint density at radius 3 is 2.05 bits per heavy atom. The lowest BCUT2D eigenvalue weighted by atomic mass is 10.2. The van der Waals surface area contributed by atoms with Crippen molar-refractivity contribution in [2.75, 3.05) is 13.2 Å². The normalized spacial score (nSPS) is 17.3. The average molecular weight is 321 g/mol. The van der Waals surface area contributed by atoms with Crippen LogP contribution in [-0.4, -0.2) is 13.2 Å². The zero-order chi connectivity index (χ0) is 13.1. The molecular formula is C15H13BrO3. The van der Waals surface area contributed by atoms with Crippen LogP contribution in [0.3, 0.4) is 0 Å². The largest absolute Gasteiger partial charge is 0.457 e. The van der Waals surface area contributed by atoms with Crippen molar-refractivity contribution in [3.8, 4) is 11.5 Å². The third kappa shape index (κ3) is 2.81. The summed E-state index contributed by atoms with van der Waals surface area (Å²) in [6.45, 7) is 1.18. The number of benzene rings is 2. The highest BCUT2D eigenvalue weighted by molar-refractivity contribution is 9.09. The van der Waals surface area contributed by atoms with Gasteiger partial charge >= 0.3 is 0 Å². The molecule has 1 fully saturated rings. The van der Waals surface area contributed by atoms with E-state index in [2.05, 4.69) is 15.9 Å². The minimum absolute atomic E-state index is 0.591. The van der Waals surface area contributed by atoms with E-state index in [1.54, 1.807) is 0 Å². The zero-order valence-corrected chi connectivity index (χ0v) is 11.8. The molecular weight excluding hydrogens is 308 g/mol. The topological polar surface area (TPSA) is 27.7 Å². The molecule has 0 N–H and O–H groups in total.